The van der Waals surface area contributed by atoms with Crippen LogP contribution in [0.1, 0.15) is 4.88 Å². The number of aliphatic carboxylic acids is 1. The number of carbonyl (C=O) groups excluding carboxylic acids is 2. The molecule has 1 aromatic rings. The molecule has 144 valence electrons. The van der Waals surface area contributed by atoms with Crippen LogP contribution in [0.4, 0.5) is 13.2 Å². The minimum absolute atomic E-state index is 0.0139. The van der Waals surface area contributed by atoms with E-state index in [0.717, 1.165) is 21.5 Å². The molecule has 3 rings (SSSR count). The maximum Gasteiger partial charge on any atom is 0.409 e. The number of hydrogen-bond donors (Lipinski definition) is 2. The number of halogens is 3. The lowest BCUT2D eigenvalue weighted by atomic mass is 10.0. The van der Waals surface area contributed by atoms with E-state index >= 15 is 0 Å². The Balaban J connectivity index is 1.74. The second kappa shape index (κ2) is 7.39. The first kappa shape index (κ1) is 19.5. The highest BCUT2D eigenvalue weighted by atomic mass is 32.2. The zero-order valence-corrected chi connectivity index (χ0v) is 15.2. The fraction of sp³-hybridized carbons (Fsp3) is 0.312. The third-order valence-electron chi connectivity index (χ3n) is 3.91. The maximum absolute atomic E-state index is 12.4. The van der Waals surface area contributed by atoms with Gasteiger partial charge in [0, 0.05) is 16.7 Å². The molecule has 1 fully saturated rings. The van der Waals surface area contributed by atoms with Gasteiger partial charge in [0.1, 0.15) is 17.1 Å². The van der Waals surface area contributed by atoms with Crippen LogP contribution >= 0.6 is 23.1 Å². The molecule has 2 amide bonds. The Morgan fingerprint density at radius 1 is 1.41 bits per heavy atom. The molecule has 2 aliphatic rings. The molecule has 0 aromatic carbocycles. The van der Waals surface area contributed by atoms with Gasteiger partial charge in [-0.2, -0.15) is 13.2 Å². The molecule has 11 heteroatoms. The third kappa shape index (κ3) is 4.19. The van der Waals surface area contributed by atoms with E-state index in [0.29, 0.717) is 6.08 Å². The van der Waals surface area contributed by atoms with Gasteiger partial charge in [0.15, 0.2) is 0 Å². The quantitative estimate of drug-likeness (QED) is 0.716. The van der Waals surface area contributed by atoms with E-state index in [1.165, 1.54) is 11.3 Å². The Morgan fingerprint density at radius 2 is 2.15 bits per heavy atom. The summed E-state index contributed by atoms with van der Waals surface area (Å²) in [4.78, 5) is 37.7. The number of thioether (sulfide) groups is 1. The number of carboxylic acid groups (broad SMARTS) is 1. The molecule has 0 saturated carbocycles. The summed E-state index contributed by atoms with van der Waals surface area (Å²) >= 11 is 2.50. The Bertz CT molecular complexity index is 833. The van der Waals surface area contributed by atoms with Gasteiger partial charge < -0.3 is 10.4 Å². The Labute approximate surface area is 159 Å². The summed E-state index contributed by atoms with van der Waals surface area (Å²) in [6.45, 7) is 0. The largest absolute Gasteiger partial charge is 0.477 e. The van der Waals surface area contributed by atoms with Crippen LogP contribution in [-0.4, -0.2) is 51.1 Å². The number of amides is 2. The second-order valence-corrected chi connectivity index (χ2v) is 7.90. The summed E-state index contributed by atoms with van der Waals surface area (Å²) in [6.07, 6.45) is -3.88. The smallest absolute Gasteiger partial charge is 0.409 e. The van der Waals surface area contributed by atoms with Crippen molar-refractivity contribution in [2.24, 2.45) is 0 Å². The summed E-state index contributed by atoms with van der Waals surface area (Å²) in [6, 6.07) is 2.67. The molecule has 0 spiro atoms. The fourth-order valence-electron chi connectivity index (χ4n) is 2.76. The summed E-state index contributed by atoms with van der Waals surface area (Å²) in [5, 5.41) is 13.1. The van der Waals surface area contributed by atoms with Crippen molar-refractivity contribution in [1.82, 2.24) is 10.2 Å². The molecule has 27 heavy (non-hydrogen) atoms. The standard InChI is InChI=1S/C16H13F3N2O4S2/c17-16(18,19)4-3-8-7-27-14-11(13(23)21(14)12(8)15(24)25)20-10(22)6-9-2-1-5-26-9/h1-5,11,14H,6-7H2,(H,20,22)(H,24,25)/t11?,14-/m0/s1. The zero-order valence-electron chi connectivity index (χ0n) is 13.5. The Hall–Kier alpha value is -2.27. The number of nitrogens with zero attached hydrogens (tertiary/aromatic N) is 1. The maximum atomic E-state index is 12.4. The lowest BCUT2D eigenvalue weighted by molar-refractivity contribution is -0.150. The van der Waals surface area contributed by atoms with Gasteiger partial charge in [-0.15, -0.1) is 23.1 Å². The van der Waals surface area contributed by atoms with Crippen molar-refractivity contribution in [3.63, 3.8) is 0 Å². The number of allylic oxidation sites excluding steroid dienone is 2. The highest BCUT2D eigenvalue weighted by Gasteiger charge is 2.54. The average Bonchev–Trinajstić information content (AvgIpc) is 3.08. The van der Waals surface area contributed by atoms with E-state index in [4.69, 9.17) is 0 Å². The summed E-state index contributed by atoms with van der Waals surface area (Å²) in [5.74, 6) is -2.53. The minimum atomic E-state index is -4.59. The van der Waals surface area contributed by atoms with Gasteiger partial charge in [0.05, 0.1) is 6.42 Å². The molecule has 3 heterocycles. The van der Waals surface area contributed by atoms with Crippen molar-refractivity contribution in [3.8, 4) is 0 Å². The van der Waals surface area contributed by atoms with Crippen LogP contribution in [0.15, 0.2) is 40.9 Å². The fourth-order valence-corrected chi connectivity index (χ4v) is 4.78. The van der Waals surface area contributed by atoms with Crippen LogP contribution in [0.2, 0.25) is 0 Å². The van der Waals surface area contributed by atoms with Crippen molar-refractivity contribution in [2.45, 2.75) is 24.0 Å². The molecule has 1 aromatic heterocycles. The highest BCUT2D eigenvalue weighted by Crippen LogP contribution is 2.41. The van der Waals surface area contributed by atoms with Gasteiger partial charge in [-0.1, -0.05) is 12.1 Å². The van der Waals surface area contributed by atoms with Gasteiger partial charge in [0.25, 0.3) is 5.91 Å². The van der Waals surface area contributed by atoms with Gasteiger partial charge in [-0.3, -0.25) is 14.5 Å². The van der Waals surface area contributed by atoms with Crippen molar-refractivity contribution < 1.29 is 32.7 Å². The lowest BCUT2D eigenvalue weighted by Crippen LogP contribution is -2.70. The van der Waals surface area contributed by atoms with Gasteiger partial charge in [-0.25, -0.2) is 4.79 Å². The van der Waals surface area contributed by atoms with Crippen molar-refractivity contribution in [1.29, 1.82) is 0 Å². The molecule has 2 aliphatic heterocycles. The van der Waals surface area contributed by atoms with E-state index in [-0.39, 0.29) is 29.7 Å². The first-order chi connectivity index (χ1) is 12.7. The Kier molecular flexibility index (Phi) is 5.33. The predicted molar refractivity (Wildman–Crippen MR) is 92.9 cm³/mol. The normalized spacial score (nSPS) is 22.6. The number of fused-ring (bicyclic) bond motifs is 1. The first-order valence-corrected chi connectivity index (χ1v) is 9.59. The third-order valence-corrected chi connectivity index (χ3v) is 6.08. The van der Waals surface area contributed by atoms with Crippen LogP contribution in [0.5, 0.6) is 0 Å². The number of alkyl halides is 3. The number of β-lactam (4-membered cyclic amide) rings is 1. The van der Waals surface area contributed by atoms with Gasteiger partial charge in [-0.05, 0) is 17.0 Å². The summed E-state index contributed by atoms with van der Waals surface area (Å²) in [7, 11) is 0. The number of carbonyl (C=O) groups is 3. The van der Waals surface area contributed by atoms with Crippen LogP contribution in [0.25, 0.3) is 0 Å². The molecule has 2 N–H and O–H groups in total. The topological polar surface area (TPSA) is 86.7 Å². The van der Waals surface area contributed by atoms with Crippen molar-refractivity contribution in [3.05, 3.63) is 45.8 Å². The van der Waals surface area contributed by atoms with E-state index < -0.39 is 35.2 Å². The van der Waals surface area contributed by atoms with Gasteiger partial charge in [0.2, 0.25) is 5.91 Å². The van der Waals surface area contributed by atoms with Crippen molar-refractivity contribution in [2.75, 3.05) is 5.75 Å². The summed E-state index contributed by atoms with van der Waals surface area (Å²) < 4.78 is 37.1. The number of hydrogen-bond acceptors (Lipinski definition) is 5. The lowest BCUT2D eigenvalue weighted by Gasteiger charge is -2.49. The highest BCUT2D eigenvalue weighted by molar-refractivity contribution is 8.00. The number of thiophene rings is 1. The molecule has 1 saturated heterocycles. The minimum Gasteiger partial charge on any atom is -0.477 e. The number of nitrogens with one attached hydrogen (secondary N) is 1. The molecule has 1 unspecified atom stereocenters. The summed E-state index contributed by atoms with van der Waals surface area (Å²) in [5.41, 5.74) is -0.578. The second-order valence-electron chi connectivity index (χ2n) is 5.77. The number of rotatable bonds is 5. The Morgan fingerprint density at radius 3 is 2.74 bits per heavy atom. The molecule has 0 radical (unpaired) electrons. The molecule has 6 nitrogen and oxygen atoms in total. The molecular weight excluding hydrogens is 405 g/mol. The molecular formula is C16H13F3N2O4S2. The van der Waals surface area contributed by atoms with E-state index in [2.05, 4.69) is 5.32 Å². The average molecular weight is 418 g/mol. The molecule has 0 bridgehead atoms. The monoisotopic (exact) mass is 418 g/mol. The van der Waals surface area contributed by atoms with Crippen LogP contribution in [-0.2, 0) is 20.8 Å². The van der Waals surface area contributed by atoms with Crippen LogP contribution in [0.3, 0.4) is 0 Å². The van der Waals surface area contributed by atoms with E-state index in [1.807, 2.05) is 5.38 Å². The number of carboxylic acids is 1. The predicted octanol–water partition coefficient (Wildman–Crippen LogP) is 2.15. The van der Waals surface area contributed by atoms with Crippen molar-refractivity contribution >= 4 is 40.9 Å². The van der Waals surface area contributed by atoms with Crippen LogP contribution < -0.4 is 5.32 Å². The van der Waals surface area contributed by atoms with E-state index in [9.17, 15) is 32.7 Å². The van der Waals surface area contributed by atoms with Crippen LogP contribution in [0, 0.1) is 0 Å². The van der Waals surface area contributed by atoms with Gasteiger partial charge >= 0.3 is 12.1 Å². The van der Waals surface area contributed by atoms with E-state index in [1.54, 1.807) is 12.1 Å². The first-order valence-electron chi connectivity index (χ1n) is 7.66. The zero-order chi connectivity index (χ0) is 19.8. The SMILES string of the molecule is O=C(Cc1cccs1)NC1C(=O)N2C(C(=O)O)=C(C=CC(F)(F)F)CS[C@@H]12. The molecule has 2 atom stereocenters. The molecule has 0 aliphatic carbocycles.